The van der Waals surface area contributed by atoms with Crippen LogP contribution in [0.2, 0.25) is 0 Å². The lowest BCUT2D eigenvalue weighted by Gasteiger charge is -2.27. The van der Waals surface area contributed by atoms with Crippen molar-refractivity contribution in [3.8, 4) is 0 Å². The molecule has 0 aliphatic carbocycles. The van der Waals surface area contributed by atoms with Gasteiger partial charge in [0.25, 0.3) is 5.91 Å². The maximum absolute atomic E-state index is 14.4. The zero-order chi connectivity index (χ0) is 31.7. The maximum Gasteiger partial charge on any atom is 0.407 e. The molecule has 3 amide bonds. The summed E-state index contributed by atoms with van der Waals surface area (Å²) in [5, 5.41) is 4.50. The summed E-state index contributed by atoms with van der Waals surface area (Å²) in [6.45, 7) is 7.42. The molecule has 234 valence electrons. The number of nitrogens with one attached hydrogen (secondary N) is 2. The van der Waals surface area contributed by atoms with Gasteiger partial charge in [-0.25, -0.2) is 18.0 Å². The van der Waals surface area contributed by atoms with E-state index < -0.39 is 52.4 Å². The summed E-state index contributed by atoms with van der Waals surface area (Å²) in [6.07, 6.45) is -1.39. The minimum atomic E-state index is -1.36. The number of carbonyl (C=O) groups excluding carboxylic acids is 4. The molecule has 1 saturated heterocycles. The number of esters is 1. The van der Waals surface area contributed by atoms with Gasteiger partial charge in [0.15, 0.2) is 17.0 Å². The molecular weight excluding hydrogens is 587 g/mol. The lowest BCUT2D eigenvalue weighted by molar-refractivity contribution is -0.142. The van der Waals surface area contributed by atoms with Crippen molar-refractivity contribution in [2.45, 2.75) is 70.5 Å². The van der Waals surface area contributed by atoms with E-state index in [9.17, 15) is 32.3 Å². The molecule has 13 heteroatoms. The van der Waals surface area contributed by atoms with Crippen LogP contribution in [0.25, 0.3) is 0 Å². The number of halogens is 3. The van der Waals surface area contributed by atoms with Gasteiger partial charge in [0, 0.05) is 37.4 Å². The molecule has 1 heterocycles. The number of ether oxygens (including phenoxy) is 2. The number of carbonyl (C=O) groups is 4. The lowest BCUT2D eigenvalue weighted by Crippen LogP contribution is -2.48. The molecule has 0 saturated carbocycles. The molecule has 2 N–H and O–H groups in total. The molecule has 0 spiro atoms. The van der Waals surface area contributed by atoms with Crippen molar-refractivity contribution in [2.75, 3.05) is 18.9 Å². The molecule has 1 aliphatic rings. The number of benzene rings is 2. The van der Waals surface area contributed by atoms with Gasteiger partial charge in [0.1, 0.15) is 11.4 Å². The normalized spacial score (nSPS) is 15.5. The van der Waals surface area contributed by atoms with E-state index in [2.05, 4.69) is 10.6 Å². The minimum Gasteiger partial charge on any atom is -0.466 e. The molecule has 43 heavy (non-hydrogen) atoms. The van der Waals surface area contributed by atoms with E-state index in [-0.39, 0.29) is 43.9 Å². The molecule has 0 aromatic heterocycles. The topological polar surface area (TPSA) is 114 Å². The Hall–Kier alpha value is -3.74. The number of hydrogen-bond acceptors (Lipinski definition) is 7. The monoisotopic (exact) mass is 623 g/mol. The molecule has 1 fully saturated rings. The summed E-state index contributed by atoms with van der Waals surface area (Å²) in [7, 11) is 0. The minimum absolute atomic E-state index is 0.142. The average Bonchev–Trinajstić information content (AvgIpc) is 3.40. The van der Waals surface area contributed by atoms with Crippen molar-refractivity contribution in [3.05, 3.63) is 70.5 Å². The summed E-state index contributed by atoms with van der Waals surface area (Å²) in [5.74, 6) is -4.36. The second-order valence-electron chi connectivity index (χ2n) is 10.9. The van der Waals surface area contributed by atoms with Gasteiger partial charge >= 0.3 is 12.1 Å². The maximum atomic E-state index is 14.4. The SMILES string of the molecule is CCOC(=O)Cc1ccc(CNC(=O)C2SCCN2C(=O)C[C@@H](Cc2cc(F)c(F)cc2F)NC(=O)OC(C)(C)C)cc1. The third-order valence-electron chi connectivity index (χ3n) is 6.28. The van der Waals surface area contributed by atoms with Gasteiger partial charge in [-0.05, 0) is 56.9 Å². The van der Waals surface area contributed by atoms with E-state index in [1.54, 1.807) is 52.0 Å². The predicted molar refractivity (Wildman–Crippen MR) is 154 cm³/mol. The Labute approximate surface area is 252 Å². The fraction of sp³-hybridized carbons (Fsp3) is 0.467. The summed E-state index contributed by atoms with van der Waals surface area (Å²) in [4.78, 5) is 51.9. The van der Waals surface area contributed by atoms with Gasteiger partial charge in [-0.3, -0.25) is 14.4 Å². The molecule has 0 bridgehead atoms. The van der Waals surface area contributed by atoms with Gasteiger partial charge in [-0.2, -0.15) is 0 Å². The van der Waals surface area contributed by atoms with Gasteiger partial charge < -0.3 is 25.0 Å². The summed E-state index contributed by atoms with van der Waals surface area (Å²) in [5.41, 5.74) is 0.472. The van der Waals surface area contributed by atoms with E-state index in [4.69, 9.17) is 9.47 Å². The highest BCUT2D eigenvalue weighted by Gasteiger charge is 2.36. The van der Waals surface area contributed by atoms with Crippen molar-refractivity contribution in [3.63, 3.8) is 0 Å². The Morgan fingerprint density at radius 1 is 1.02 bits per heavy atom. The third kappa shape index (κ3) is 10.5. The van der Waals surface area contributed by atoms with Crippen LogP contribution in [0.3, 0.4) is 0 Å². The van der Waals surface area contributed by atoms with Crippen molar-refractivity contribution >= 4 is 35.6 Å². The van der Waals surface area contributed by atoms with Crippen molar-refractivity contribution in [1.29, 1.82) is 0 Å². The molecule has 9 nitrogen and oxygen atoms in total. The van der Waals surface area contributed by atoms with Crippen LogP contribution < -0.4 is 10.6 Å². The number of amides is 3. The third-order valence-corrected chi connectivity index (χ3v) is 7.48. The molecule has 3 rings (SSSR count). The van der Waals surface area contributed by atoms with E-state index in [1.165, 1.54) is 16.7 Å². The number of nitrogens with zero attached hydrogens (tertiary/aromatic N) is 1. The molecule has 0 radical (unpaired) electrons. The fourth-order valence-corrected chi connectivity index (χ4v) is 5.50. The summed E-state index contributed by atoms with van der Waals surface area (Å²) in [6, 6.07) is 7.16. The van der Waals surface area contributed by atoms with Gasteiger partial charge in [-0.15, -0.1) is 11.8 Å². The van der Waals surface area contributed by atoms with Crippen LogP contribution in [0, 0.1) is 17.5 Å². The highest BCUT2D eigenvalue weighted by Crippen LogP contribution is 2.26. The number of thioether (sulfide) groups is 1. The molecule has 2 aromatic rings. The van der Waals surface area contributed by atoms with Crippen LogP contribution in [-0.2, 0) is 43.2 Å². The Morgan fingerprint density at radius 3 is 2.33 bits per heavy atom. The van der Waals surface area contributed by atoms with Gasteiger partial charge in [-0.1, -0.05) is 24.3 Å². The molecule has 1 aliphatic heterocycles. The van der Waals surface area contributed by atoms with Crippen LogP contribution in [-0.4, -0.2) is 64.7 Å². The lowest BCUT2D eigenvalue weighted by atomic mass is 10.0. The van der Waals surface area contributed by atoms with E-state index in [1.807, 2.05) is 0 Å². The van der Waals surface area contributed by atoms with E-state index in [0.29, 0.717) is 24.5 Å². The Kier molecular flexibility index (Phi) is 11.9. The molecule has 2 aromatic carbocycles. The predicted octanol–water partition coefficient (Wildman–Crippen LogP) is 4.25. The van der Waals surface area contributed by atoms with Crippen LogP contribution in [0.15, 0.2) is 36.4 Å². The summed E-state index contributed by atoms with van der Waals surface area (Å²) < 4.78 is 51.9. The number of hydrogen-bond donors (Lipinski definition) is 2. The highest BCUT2D eigenvalue weighted by molar-refractivity contribution is 8.00. The van der Waals surface area contributed by atoms with Gasteiger partial charge in [0.05, 0.1) is 13.0 Å². The summed E-state index contributed by atoms with van der Waals surface area (Å²) >= 11 is 1.27. The average molecular weight is 624 g/mol. The Morgan fingerprint density at radius 2 is 1.67 bits per heavy atom. The van der Waals surface area contributed by atoms with E-state index in [0.717, 1.165) is 11.1 Å². The first-order chi connectivity index (χ1) is 20.3. The smallest absolute Gasteiger partial charge is 0.407 e. The zero-order valence-corrected chi connectivity index (χ0v) is 25.3. The molecule has 1 unspecified atom stereocenters. The zero-order valence-electron chi connectivity index (χ0n) is 24.5. The fourth-order valence-electron chi connectivity index (χ4n) is 4.33. The molecular formula is C30H36F3N3O6S. The van der Waals surface area contributed by atoms with Crippen molar-refractivity contribution in [1.82, 2.24) is 15.5 Å². The first kappa shape index (κ1) is 33.8. The number of alkyl carbamates (subject to hydrolysis) is 1. The highest BCUT2D eigenvalue weighted by atomic mass is 32.2. The van der Waals surface area contributed by atoms with Crippen LogP contribution in [0.4, 0.5) is 18.0 Å². The second-order valence-corrected chi connectivity index (χ2v) is 12.1. The Balaban J connectivity index is 1.65. The van der Waals surface area contributed by atoms with Crippen LogP contribution in [0.5, 0.6) is 0 Å². The first-order valence-corrected chi connectivity index (χ1v) is 14.9. The first-order valence-electron chi connectivity index (χ1n) is 13.8. The van der Waals surface area contributed by atoms with Crippen LogP contribution in [0.1, 0.15) is 50.8 Å². The Bertz CT molecular complexity index is 1320. The van der Waals surface area contributed by atoms with Gasteiger partial charge in [0.2, 0.25) is 5.91 Å². The van der Waals surface area contributed by atoms with E-state index >= 15 is 0 Å². The molecule has 2 atom stereocenters. The van der Waals surface area contributed by atoms with Crippen LogP contribution >= 0.6 is 11.8 Å². The number of rotatable bonds is 11. The van der Waals surface area contributed by atoms with Crippen molar-refractivity contribution < 1.29 is 41.8 Å². The standard InChI is InChI=1S/C30H36F3N3O6S/c1-5-41-26(38)12-18-6-8-19(9-7-18)17-34-27(39)28-36(10-11-43-28)25(37)15-21(35-29(40)42-30(2,3)4)13-20-14-23(32)24(33)16-22(20)31/h6-9,14,16,21,28H,5,10-13,15,17H2,1-4H3,(H,34,39)(H,35,40)/t21-,28?/m1/s1. The largest absolute Gasteiger partial charge is 0.466 e. The van der Waals surface area contributed by atoms with Crippen molar-refractivity contribution in [2.24, 2.45) is 0 Å². The second kappa shape index (κ2) is 15.1. The quantitative estimate of drug-likeness (QED) is 0.284.